The van der Waals surface area contributed by atoms with E-state index in [1.165, 1.54) is 141 Å². The van der Waals surface area contributed by atoms with Crippen LogP contribution in [0.5, 0.6) is 0 Å². The second-order valence-electron chi connectivity index (χ2n) is 22.0. The predicted molar refractivity (Wildman–Crippen MR) is 313 cm³/mol. The summed E-state index contributed by atoms with van der Waals surface area (Å²) in [5.74, 6) is -3.10. The zero-order chi connectivity index (χ0) is 56.1. The van der Waals surface area contributed by atoms with Crippen LogP contribution < -0.4 is 0 Å². The number of rotatable bonds is 55. The van der Waals surface area contributed by atoms with Crippen molar-refractivity contribution < 1.29 is 58.2 Å². The molecule has 6 atom stereocenters. The van der Waals surface area contributed by atoms with Gasteiger partial charge in [0, 0.05) is 19.3 Å². The summed E-state index contributed by atoms with van der Waals surface area (Å²) in [4.78, 5) is 51.2. The van der Waals surface area contributed by atoms with Crippen molar-refractivity contribution in [2.45, 2.75) is 340 Å². The molecule has 0 radical (unpaired) electrons. The minimum absolute atomic E-state index is 0.0544. The lowest BCUT2D eigenvalue weighted by molar-refractivity contribution is -0.301. The Kier molecular flexibility index (Phi) is 50.1. The molecule has 12 heteroatoms. The number of ether oxygens (including phenoxy) is 5. The van der Waals surface area contributed by atoms with Crippen molar-refractivity contribution in [1.29, 1.82) is 0 Å². The van der Waals surface area contributed by atoms with Gasteiger partial charge in [-0.15, -0.1) is 0 Å². The van der Waals surface area contributed by atoms with E-state index in [-0.39, 0.29) is 25.9 Å². The molecule has 0 aromatic carbocycles. The summed E-state index contributed by atoms with van der Waals surface area (Å²) >= 11 is 0. The van der Waals surface area contributed by atoms with Gasteiger partial charge in [-0.1, -0.05) is 243 Å². The van der Waals surface area contributed by atoms with Gasteiger partial charge in [0.1, 0.15) is 18.8 Å². The molecule has 0 aromatic rings. The lowest BCUT2D eigenvalue weighted by atomic mass is 9.98. The van der Waals surface area contributed by atoms with E-state index >= 15 is 0 Å². The van der Waals surface area contributed by atoms with Gasteiger partial charge in [0.25, 0.3) is 0 Å². The number of unbranched alkanes of at least 4 members (excludes halogenated alkanes) is 35. The van der Waals surface area contributed by atoms with Gasteiger partial charge in [0.2, 0.25) is 0 Å². The van der Waals surface area contributed by atoms with Gasteiger partial charge in [0.15, 0.2) is 24.6 Å². The highest BCUT2D eigenvalue weighted by atomic mass is 16.7. The third-order valence-corrected chi connectivity index (χ3v) is 14.7. The number of carboxylic acid groups (broad SMARTS) is 1. The Morgan fingerprint density at radius 3 is 1.21 bits per heavy atom. The van der Waals surface area contributed by atoms with Gasteiger partial charge >= 0.3 is 23.9 Å². The summed E-state index contributed by atoms with van der Waals surface area (Å²) in [6, 6.07) is 0. The smallest absolute Gasteiger partial charge is 0.335 e. The van der Waals surface area contributed by atoms with E-state index in [2.05, 4.69) is 57.2 Å². The molecule has 0 spiro atoms. The van der Waals surface area contributed by atoms with Crippen molar-refractivity contribution in [2.24, 2.45) is 0 Å². The number of aliphatic hydroxyl groups excluding tert-OH is 2. The molecule has 6 unspecified atom stereocenters. The number of carbonyl (C=O) groups is 4. The van der Waals surface area contributed by atoms with Crippen molar-refractivity contribution >= 4 is 23.9 Å². The molecule has 1 heterocycles. The van der Waals surface area contributed by atoms with Crippen LogP contribution in [0.3, 0.4) is 0 Å². The monoisotopic (exact) mass is 1090 g/mol. The summed E-state index contributed by atoms with van der Waals surface area (Å²) in [7, 11) is 0. The highest BCUT2D eigenvalue weighted by molar-refractivity contribution is 5.74. The highest BCUT2D eigenvalue weighted by Crippen LogP contribution is 2.27. The number of carboxylic acids is 1. The first-order valence-electron chi connectivity index (χ1n) is 32.0. The SMILES string of the molecule is CCCCC/C=C\C/C=C\CCCCCCCCCC(=O)OC1C(OCC(COC(=O)CCCCCCCCC/C=C\CCCCCCCC)OC(=O)CCCCCCCCCCCCCCC)OC(C(=O)O)C(O)C1O. The topological polar surface area (TPSA) is 175 Å². The Balaban J connectivity index is 2.65. The average molecular weight is 1090 g/mol. The maximum atomic E-state index is 13.2. The van der Waals surface area contributed by atoms with Crippen molar-refractivity contribution in [3.63, 3.8) is 0 Å². The van der Waals surface area contributed by atoms with Gasteiger partial charge in [0.05, 0.1) is 6.61 Å². The molecule has 1 aliphatic heterocycles. The lowest BCUT2D eigenvalue weighted by Crippen LogP contribution is -2.61. The Morgan fingerprint density at radius 2 is 0.779 bits per heavy atom. The molecule has 0 bridgehead atoms. The summed E-state index contributed by atoms with van der Waals surface area (Å²) in [6.45, 7) is 5.99. The number of hydrogen-bond donors (Lipinski definition) is 3. The number of esters is 3. The van der Waals surface area contributed by atoms with Crippen molar-refractivity contribution in [3.05, 3.63) is 36.5 Å². The predicted octanol–water partition coefficient (Wildman–Crippen LogP) is 16.8. The van der Waals surface area contributed by atoms with E-state index in [4.69, 9.17) is 23.7 Å². The van der Waals surface area contributed by atoms with E-state index in [0.29, 0.717) is 19.3 Å². The Hall–Kier alpha value is -3.06. The van der Waals surface area contributed by atoms with Crippen molar-refractivity contribution in [2.75, 3.05) is 13.2 Å². The van der Waals surface area contributed by atoms with E-state index in [1.54, 1.807) is 0 Å². The zero-order valence-corrected chi connectivity index (χ0v) is 49.5. The fourth-order valence-electron chi connectivity index (χ4n) is 9.75. The van der Waals surface area contributed by atoms with Gasteiger partial charge in [-0.25, -0.2) is 4.79 Å². The molecule has 1 fully saturated rings. The van der Waals surface area contributed by atoms with Gasteiger partial charge < -0.3 is 39.0 Å². The first kappa shape index (κ1) is 72.0. The average Bonchev–Trinajstić information content (AvgIpc) is 3.42. The minimum atomic E-state index is -1.90. The van der Waals surface area contributed by atoms with Crippen LogP contribution in [0.25, 0.3) is 0 Å². The van der Waals surface area contributed by atoms with Crippen molar-refractivity contribution in [1.82, 2.24) is 0 Å². The summed E-state index contributed by atoms with van der Waals surface area (Å²) in [6.07, 6.45) is 51.0. The fourth-order valence-corrected chi connectivity index (χ4v) is 9.75. The molecule has 1 aliphatic rings. The standard InChI is InChI=1S/C65H116O12/c1-4-7-10-13-16-19-22-25-27-29-31-34-36-39-42-45-48-51-57(66)73-54-56(75-58(67)52-49-46-43-40-37-33-24-21-18-15-12-9-6-3)55-74-65-63(61(70)60(69)62(77-65)64(71)72)76-59(68)53-50-47-44-41-38-35-32-30-28-26-23-20-17-14-11-8-5-2/h17,20,25-28,56,60-63,65,69-70H,4-16,18-19,21-24,29-55H2,1-3H3,(H,71,72)/b20-17-,27-25-,28-26-. The second kappa shape index (κ2) is 53.6. The number of allylic oxidation sites excluding steroid dienone is 6. The van der Waals surface area contributed by atoms with E-state index in [1.807, 2.05) is 0 Å². The van der Waals surface area contributed by atoms with Crippen molar-refractivity contribution in [3.8, 4) is 0 Å². The quantitative estimate of drug-likeness (QED) is 0.0228. The van der Waals surface area contributed by atoms with Gasteiger partial charge in [-0.3, -0.25) is 14.4 Å². The van der Waals surface area contributed by atoms with Crippen LogP contribution in [0.15, 0.2) is 36.5 Å². The molecule has 0 aromatic heterocycles. The van der Waals surface area contributed by atoms with E-state index in [9.17, 15) is 34.5 Å². The third-order valence-electron chi connectivity index (χ3n) is 14.7. The summed E-state index contributed by atoms with van der Waals surface area (Å²) in [5, 5.41) is 31.5. The minimum Gasteiger partial charge on any atom is -0.479 e. The van der Waals surface area contributed by atoms with Crippen LogP contribution in [0.2, 0.25) is 0 Å². The molecule has 448 valence electrons. The molecule has 0 aliphatic carbocycles. The Bertz CT molecular complexity index is 1480. The summed E-state index contributed by atoms with van der Waals surface area (Å²) < 4.78 is 28.5. The first-order chi connectivity index (χ1) is 37.6. The molecule has 3 N–H and O–H groups in total. The molecule has 0 saturated carbocycles. The molecule has 1 rings (SSSR count). The Labute approximate surface area is 470 Å². The van der Waals surface area contributed by atoms with E-state index in [0.717, 1.165) is 103 Å². The van der Waals surface area contributed by atoms with Crippen LogP contribution in [0.1, 0.15) is 303 Å². The Morgan fingerprint density at radius 1 is 0.429 bits per heavy atom. The number of carbonyl (C=O) groups excluding carboxylic acids is 3. The maximum absolute atomic E-state index is 13.2. The molecular weight excluding hydrogens is 973 g/mol. The number of aliphatic carboxylic acids is 1. The largest absolute Gasteiger partial charge is 0.479 e. The van der Waals surface area contributed by atoms with Crippen LogP contribution in [0, 0.1) is 0 Å². The van der Waals surface area contributed by atoms with E-state index < -0.39 is 67.3 Å². The van der Waals surface area contributed by atoms with Gasteiger partial charge in [-0.05, 0) is 77.0 Å². The van der Waals surface area contributed by atoms with Crippen LogP contribution in [-0.4, -0.2) is 89.2 Å². The normalized spacial score (nSPS) is 18.2. The molecule has 1 saturated heterocycles. The molecule has 77 heavy (non-hydrogen) atoms. The lowest BCUT2D eigenvalue weighted by Gasteiger charge is -2.40. The fraction of sp³-hybridized carbons (Fsp3) is 0.846. The zero-order valence-electron chi connectivity index (χ0n) is 49.5. The molecule has 12 nitrogen and oxygen atoms in total. The number of aliphatic hydroxyl groups is 2. The molecule has 0 amide bonds. The second-order valence-corrected chi connectivity index (χ2v) is 22.0. The van der Waals surface area contributed by atoms with Crippen LogP contribution >= 0.6 is 0 Å². The maximum Gasteiger partial charge on any atom is 0.335 e. The van der Waals surface area contributed by atoms with Gasteiger partial charge in [-0.2, -0.15) is 0 Å². The molecular formula is C65H116O12. The first-order valence-corrected chi connectivity index (χ1v) is 32.0. The highest BCUT2D eigenvalue weighted by Gasteiger charge is 2.50. The van der Waals surface area contributed by atoms with Crippen LogP contribution in [0.4, 0.5) is 0 Å². The third kappa shape index (κ3) is 43.4. The number of hydrogen-bond acceptors (Lipinski definition) is 11. The van der Waals surface area contributed by atoms with Crippen LogP contribution in [-0.2, 0) is 42.9 Å². The summed E-state index contributed by atoms with van der Waals surface area (Å²) in [5.41, 5.74) is 0.